The van der Waals surface area contributed by atoms with Gasteiger partial charge in [0.15, 0.2) is 0 Å². The van der Waals surface area contributed by atoms with Crippen LogP contribution < -0.4 is 5.32 Å². The summed E-state index contributed by atoms with van der Waals surface area (Å²) in [7, 11) is 0. The minimum absolute atomic E-state index is 0.0144. The molecule has 0 radical (unpaired) electrons. The van der Waals surface area contributed by atoms with E-state index in [4.69, 9.17) is 0 Å². The van der Waals surface area contributed by atoms with E-state index in [1.54, 1.807) is 0 Å². The second-order valence-electron chi connectivity index (χ2n) is 5.03. The lowest BCUT2D eigenvalue weighted by Crippen LogP contribution is -2.19. The van der Waals surface area contributed by atoms with Gasteiger partial charge in [-0.15, -0.1) is 0 Å². The van der Waals surface area contributed by atoms with E-state index in [0.717, 1.165) is 31.2 Å². The number of nitrogens with one attached hydrogen (secondary N) is 1. The van der Waals surface area contributed by atoms with Crippen LogP contribution in [0.5, 0.6) is 0 Å². The molecule has 0 aliphatic carbocycles. The van der Waals surface area contributed by atoms with Gasteiger partial charge < -0.3 is 5.32 Å². The van der Waals surface area contributed by atoms with Crippen molar-refractivity contribution in [2.45, 2.75) is 13.8 Å². The fraction of sp³-hybridized carbons (Fsp3) is 0.167. The number of benzene rings is 2. The van der Waals surface area contributed by atoms with Crippen LogP contribution in [-0.4, -0.2) is 12.5 Å². The Labute approximate surface area is 147 Å². The van der Waals surface area contributed by atoms with Gasteiger partial charge in [-0.25, -0.2) is 0 Å². The van der Waals surface area contributed by atoms with Crippen molar-refractivity contribution in [2.24, 2.45) is 0 Å². The summed E-state index contributed by atoms with van der Waals surface area (Å²) in [6, 6.07) is 14.6. The van der Waals surface area contributed by atoms with Gasteiger partial charge in [0.1, 0.15) is 0 Å². The van der Waals surface area contributed by atoms with E-state index in [-0.39, 0.29) is 5.91 Å². The molecule has 0 aliphatic rings. The topological polar surface area (TPSA) is 29.1 Å². The van der Waals surface area contributed by atoms with Crippen LogP contribution in [0.25, 0.3) is 16.7 Å². The lowest BCUT2D eigenvalue weighted by Gasteiger charge is -2.08. The lowest BCUT2D eigenvalue weighted by atomic mass is 10.0. The summed E-state index contributed by atoms with van der Waals surface area (Å²) >= 11 is 7.06. The van der Waals surface area contributed by atoms with Gasteiger partial charge >= 0.3 is 0 Å². The number of carbonyl (C=O) groups excluding carboxylic acids is 1. The number of rotatable bonds is 4. The molecule has 0 saturated heterocycles. The Balaban J connectivity index is 2.18. The highest BCUT2D eigenvalue weighted by Crippen LogP contribution is 2.31. The molecule has 0 heterocycles. The normalized spacial score (nSPS) is 11.4. The molecule has 0 saturated carbocycles. The average Bonchev–Trinajstić information content (AvgIpc) is 2.47. The van der Waals surface area contributed by atoms with Crippen LogP contribution in [0.1, 0.15) is 19.4 Å². The number of halogens is 2. The molecule has 0 unspecified atom stereocenters. The summed E-state index contributed by atoms with van der Waals surface area (Å²) in [6.45, 7) is 4.13. The SMILES string of the molecule is CC(=O)NC/C=C(/C)c1ccc(-c2ccc(Br)cc2Br)cc1. The molecule has 2 nitrogen and oxygen atoms in total. The number of hydrogen-bond donors (Lipinski definition) is 1. The maximum Gasteiger partial charge on any atom is 0.217 e. The highest BCUT2D eigenvalue weighted by atomic mass is 79.9. The molecule has 2 rings (SSSR count). The fourth-order valence-electron chi connectivity index (χ4n) is 2.10. The van der Waals surface area contributed by atoms with Gasteiger partial charge in [-0.1, -0.05) is 68.3 Å². The number of amides is 1. The molecule has 1 N–H and O–H groups in total. The molecule has 4 heteroatoms. The zero-order valence-corrected chi connectivity index (χ0v) is 15.7. The van der Waals surface area contributed by atoms with Gasteiger partial charge in [-0.2, -0.15) is 0 Å². The van der Waals surface area contributed by atoms with Crippen molar-refractivity contribution in [3.63, 3.8) is 0 Å². The molecule has 0 aromatic heterocycles. The van der Waals surface area contributed by atoms with Crippen molar-refractivity contribution in [3.05, 3.63) is 63.0 Å². The largest absolute Gasteiger partial charge is 0.353 e. The smallest absolute Gasteiger partial charge is 0.217 e. The molecule has 0 bridgehead atoms. The van der Waals surface area contributed by atoms with Crippen LogP contribution in [0.2, 0.25) is 0 Å². The van der Waals surface area contributed by atoms with Crippen LogP contribution in [0.15, 0.2) is 57.5 Å². The van der Waals surface area contributed by atoms with Crippen LogP contribution >= 0.6 is 31.9 Å². The first-order valence-electron chi connectivity index (χ1n) is 6.94. The molecule has 114 valence electrons. The van der Waals surface area contributed by atoms with Gasteiger partial charge in [0.05, 0.1) is 0 Å². The van der Waals surface area contributed by atoms with E-state index in [2.05, 4.69) is 67.5 Å². The van der Waals surface area contributed by atoms with E-state index < -0.39 is 0 Å². The predicted octanol–water partition coefficient (Wildman–Crippen LogP) is 5.42. The van der Waals surface area contributed by atoms with Crippen molar-refractivity contribution in [1.29, 1.82) is 0 Å². The fourth-order valence-corrected chi connectivity index (χ4v) is 3.38. The van der Waals surface area contributed by atoms with Gasteiger partial charge in [-0.05, 0) is 41.3 Å². The lowest BCUT2D eigenvalue weighted by molar-refractivity contribution is -0.118. The Kier molecular flexibility index (Phi) is 5.98. The van der Waals surface area contributed by atoms with Gasteiger partial charge in [0.25, 0.3) is 0 Å². The second-order valence-corrected chi connectivity index (χ2v) is 6.80. The molecular formula is C18H17Br2NO. The Bertz CT molecular complexity index is 706. The predicted molar refractivity (Wildman–Crippen MR) is 99.6 cm³/mol. The first-order valence-corrected chi connectivity index (χ1v) is 8.53. The molecule has 2 aromatic rings. The van der Waals surface area contributed by atoms with Crippen LogP contribution in [0.4, 0.5) is 0 Å². The summed E-state index contributed by atoms with van der Waals surface area (Å²) in [5.74, 6) is -0.0144. The minimum Gasteiger partial charge on any atom is -0.353 e. The number of allylic oxidation sites excluding steroid dienone is 1. The summed E-state index contributed by atoms with van der Waals surface area (Å²) in [5.41, 5.74) is 4.63. The highest BCUT2D eigenvalue weighted by Gasteiger charge is 2.04. The molecule has 0 aliphatic heterocycles. The van der Waals surface area contributed by atoms with Crippen molar-refractivity contribution in [2.75, 3.05) is 6.54 Å². The van der Waals surface area contributed by atoms with Crippen LogP contribution in [0.3, 0.4) is 0 Å². The van der Waals surface area contributed by atoms with Crippen molar-refractivity contribution in [1.82, 2.24) is 5.32 Å². The van der Waals surface area contributed by atoms with Crippen molar-refractivity contribution in [3.8, 4) is 11.1 Å². The Morgan fingerprint density at radius 2 is 1.77 bits per heavy atom. The molecule has 0 fully saturated rings. The van der Waals surface area contributed by atoms with Gasteiger partial charge in [-0.3, -0.25) is 4.79 Å². The third-order valence-electron chi connectivity index (χ3n) is 3.34. The first-order chi connectivity index (χ1) is 10.5. The average molecular weight is 423 g/mol. The molecule has 22 heavy (non-hydrogen) atoms. The molecule has 2 aromatic carbocycles. The molecular weight excluding hydrogens is 406 g/mol. The number of hydrogen-bond acceptors (Lipinski definition) is 1. The first kappa shape index (κ1) is 17.0. The Morgan fingerprint density at radius 3 is 2.36 bits per heavy atom. The summed E-state index contributed by atoms with van der Waals surface area (Å²) in [6.07, 6.45) is 2.02. The zero-order valence-electron chi connectivity index (χ0n) is 12.5. The standard InChI is InChI=1S/C18H17Br2NO/c1-12(9-10-21-13(2)22)14-3-5-15(6-4-14)17-8-7-16(19)11-18(17)20/h3-9,11H,10H2,1-2H3,(H,21,22)/b12-9-. The summed E-state index contributed by atoms with van der Waals surface area (Å²) in [5, 5.41) is 2.77. The third-order valence-corrected chi connectivity index (χ3v) is 4.49. The second kappa shape index (κ2) is 7.75. The quantitative estimate of drug-likeness (QED) is 0.700. The van der Waals surface area contributed by atoms with E-state index in [1.165, 1.54) is 6.92 Å². The maximum absolute atomic E-state index is 10.9. The van der Waals surface area contributed by atoms with Gasteiger partial charge in [0.2, 0.25) is 5.91 Å². The molecule has 0 atom stereocenters. The summed E-state index contributed by atoms with van der Waals surface area (Å²) < 4.78 is 2.11. The maximum atomic E-state index is 10.9. The minimum atomic E-state index is -0.0144. The van der Waals surface area contributed by atoms with E-state index >= 15 is 0 Å². The van der Waals surface area contributed by atoms with Crippen LogP contribution in [-0.2, 0) is 4.79 Å². The molecule has 0 spiro atoms. The molecule has 1 amide bonds. The monoisotopic (exact) mass is 421 g/mol. The zero-order chi connectivity index (χ0) is 16.1. The Morgan fingerprint density at radius 1 is 1.09 bits per heavy atom. The third kappa shape index (κ3) is 4.55. The van der Waals surface area contributed by atoms with Crippen molar-refractivity contribution >= 4 is 43.3 Å². The van der Waals surface area contributed by atoms with E-state index in [0.29, 0.717) is 6.54 Å². The van der Waals surface area contributed by atoms with Crippen LogP contribution in [0, 0.1) is 0 Å². The van der Waals surface area contributed by atoms with Crippen molar-refractivity contribution < 1.29 is 4.79 Å². The number of carbonyl (C=O) groups is 1. The highest BCUT2D eigenvalue weighted by molar-refractivity contribution is 9.11. The van der Waals surface area contributed by atoms with E-state index in [1.807, 2.05) is 25.1 Å². The van der Waals surface area contributed by atoms with E-state index in [9.17, 15) is 4.79 Å². The summed E-state index contributed by atoms with van der Waals surface area (Å²) in [4.78, 5) is 10.9. The Hall–Kier alpha value is -1.39. The van der Waals surface area contributed by atoms with Gasteiger partial charge in [0, 0.05) is 22.4 Å².